The van der Waals surface area contributed by atoms with Crippen molar-refractivity contribution in [1.82, 2.24) is 24.9 Å². The Morgan fingerprint density at radius 1 is 1.19 bits per heavy atom. The van der Waals surface area contributed by atoms with E-state index in [1.807, 2.05) is 23.0 Å². The van der Waals surface area contributed by atoms with E-state index in [4.69, 9.17) is 0 Å². The van der Waals surface area contributed by atoms with Crippen LogP contribution in [0.25, 0.3) is 0 Å². The lowest BCUT2D eigenvalue weighted by atomic mass is 10.0. The largest absolute Gasteiger partial charge is 0.339 e. The van der Waals surface area contributed by atoms with Crippen LogP contribution in [0, 0.1) is 5.92 Å². The van der Waals surface area contributed by atoms with Crippen molar-refractivity contribution in [2.45, 2.75) is 44.6 Å². The molecule has 1 atom stereocenters. The summed E-state index contributed by atoms with van der Waals surface area (Å²) in [4.78, 5) is 29.1. The molecule has 1 saturated heterocycles. The van der Waals surface area contributed by atoms with Crippen molar-refractivity contribution in [3.05, 3.63) is 18.0 Å². The summed E-state index contributed by atoms with van der Waals surface area (Å²) in [6.45, 7) is 2.48. The molecule has 2 heterocycles. The van der Waals surface area contributed by atoms with Gasteiger partial charge in [0.2, 0.25) is 11.8 Å². The van der Waals surface area contributed by atoms with Gasteiger partial charge < -0.3 is 15.1 Å². The van der Waals surface area contributed by atoms with Crippen molar-refractivity contribution in [1.29, 1.82) is 0 Å². The minimum atomic E-state index is -0.381. The van der Waals surface area contributed by atoms with Gasteiger partial charge in [-0.1, -0.05) is 25.7 Å². The number of piperazine rings is 1. The highest BCUT2D eigenvalue weighted by Gasteiger charge is 2.30. The third kappa shape index (κ3) is 4.44. The van der Waals surface area contributed by atoms with E-state index < -0.39 is 0 Å². The first-order chi connectivity index (χ1) is 12.6. The van der Waals surface area contributed by atoms with Crippen LogP contribution in [0.3, 0.4) is 0 Å². The monoisotopic (exact) mass is 361 g/mol. The maximum atomic E-state index is 12.8. The number of carbonyl (C=O) groups is 2. The zero-order valence-electron chi connectivity index (χ0n) is 16.0. The summed E-state index contributed by atoms with van der Waals surface area (Å²) >= 11 is 0. The Morgan fingerprint density at radius 2 is 1.85 bits per heavy atom. The van der Waals surface area contributed by atoms with Crippen LogP contribution in [0.5, 0.6) is 0 Å². The average molecular weight is 361 g/mol. The standard InChI is InChI=1S/C19H31N5O2/c1-20-18(16-13-21-22(2)14-16)19(26)24-11-9-23(10-12-24)17(25)8-7-15-5-3-4-6-15/h13-15,18,20H,3-12H2,1-2H3. The predicted octanol–water partition coefficient (Wildman–Crippen LogP) is 1.32. The fraction of sp³-hybridized carbons (Fsp3) is 0.737. The lowest BCUT2D eigenvalue weighted by Gasteiger charge is -2.36. The fourth-order valence-electron chi connectivity index (χ4n) is 4.17. The molecule has 2 aliphatic rings. The van der Waals surface area contributed by atoms with E-state index in [9.17, 15) is 9.59 Å². The van der Waals surface area contributed by atoms with Gasteiger partial charge in [-0.05, 0) is 19.4 Å². The fourth-order valence-corrected chi connectivity index (χ4v) is 4.17. The van der Waals surface area contributed by atoms with Gasteiger partial charge in [0.05, 0.1) is 6.20 Å². The van der Waals surface area contributed by atoms with Gasteiger partial charge in [0.1, 0.15) is 6.04 Å². The molecule has 0 aromatic carbocycles. The zero-order chi connectivity index (χ0) is 18.5. The molecular formula is C19H31N5O2. The Balaban J connectivity index is 1.47. The molecule has 0 bridgehead atoms. The van der Waals surface area contributed by atoms with Crippen molar-refractivity contribution in [2.24, 2.45) is 13.0 Å². The van der Waals surface area contributed by atoms with E-state index in [0.717, 1.165) is 17.9 Å². The van der Waals surface area contributed by atoms with Gasteiger partial charge in [0.25, 0.3) is 0 Å². The molecule has 144 valence electrons. The highest BCUT2D eigenvalue weighted by atomic mass is 16.2. The van der Waals surface area contributed by atoms with E-state index in [1.165, 1.54) is 25.7 Å². The smallest absolute Gasteiger partial charge is 0.244 e. The van der Waals surface area contributed by atoms with Gasteiger partial charge in [-0.3, -0.25) is 14.3 Å². The van der Waals surface area contributed by atoms with E-state index in [1.54, 1.807) is 17.9 Å². The van der Waals surface area contributed by atoms with Crippen molar-refractivity contribution in [3.63, 3.8) is 0 Å². The minimum absolute atomic E-state index is 0.0542. The van der Waals surface area contributed by atoms with E-state index in [-0.39, 0.29) is 17.9 Å². The summed E-state index contributed by atoms with van der Waals surface area (Å²) in [5.74, 6) is 1.05. The normalized spacial score (nSPS) is 19.8. The van der Waals surface area contributed by atoms with Gasteiger partial charge in [0, 0.05) is 51.4 Å². The lowest BCUT2D eigenvalue weighted by molar-refractivity contribution is -0.141. The Hall–Kier alpha value is -1.89. The average Bonchev–Trinajstić information content (AvgIpc) is 3.32. The first-order valence-electron chi connectivity index (χ1n) is 9.81. The molecule has 1 aromatic heterocycles. The maximum absolute atomic E-state index is 12.8. The molecule has 3 rings (SSSR count). The summed E-state index contributed by atoms with van der Waals surface area (Å²) in [6.07, 6.45) is 10.5. The summed E-state index contributed by atoms with van der Waals surface area (Å²) in [6, 6.07) is -0.381. The van der Waals surface area contributed by atoms with Gasteiger partial charge in [0.15, 0.2) is 0 Å². The van der Waals surface area contributed by atoms with Crippen LogP contribution in [0.1, 0.15) is 50.1 Å². The summed E-state index contributed by atoms with van der Waals surface area (Å²) in [7, 11) is 3.63. The number of nitrogens with one attached hydrogen (secondary N) is 1. The Labute approximate surface area is 155 Å². The highest BCUT2D eigenvalue weighted by molar-refractivity contribution is 5.83. The molecule has 1 aromatic rings. The van der Waals surface area contributed by atoms with Gasteiger partial charge >= 0.3 is 0 Å². The van der Waals surface area contributed by atoms with Crippen LogP contribution < -0.4 is 5.32 Å². The summed E-state index contributed by atoms with van der Waals surface area (Å²) in [5, 5.41) is 7.24. The molecule has 1 saturated carbocycles. The number of carbonyl (C=O) groups excluding carboxylic acids is 2. The van der Waals surface area contributed by atoms with Crippen LogP contribution in [-0.2, 0) is 16.6 Å². The number of likely N-dealkylation sites (N-methyl/N-ethyl adjacent to an activating group) is 1. The molecule has 0 spiro atoms. The van der Waals surface area contributed by atoms with Crippen molar-refractivity contribution in [3.8, 4) is 0 Å². The zero-order valence-corrected chi connectivity index (χ0v) is 16.0. The third-order valence-electron chi connectivity index (χ3n) is 5.78. The molecule has 1 aliphatic heterocycles. The van der Waals surface area contributed by atoms with Crippen LogP contribution >= 0.6 is 0 Å². The molecular weight excluding hydrogens is 330 g/mol. The molecule has 26 heavy (non-hydrogen) atoms. The number of hydrogen-bond donors (Lipinski definition) is 1. The van der Waals surface area contributed by atoms with Crippen LogP contribution in [0.4, 0.5) is 0 Å². The van der Waals surface area contributed by atoms with Crippen molar-refractivity contribution >= 4 is 11.8 Å². The van der Waals surface area contributed by atoms with Crippen molar-refractivity contribution < 1.29 is 9.59 Å². The molecule has 1 N–H and O–H groups in total. The Kier molecular flexibility index (Phi) is 6.29. The molecule has 2 fully saturated rings. The summed E-state index contributed by atoms with van der Waals surface area (Å²) in [5.41, 5.74) is 0.870. The SMILES string of the molecule is CNC(C(=O)N1CCN(C(=O)CCC2CCCC2)CC1)c1cnn(C)c1. The molecule has 2 amide bonds. The Morgan fingerprint density at radius 3 is 2.42 bits per heavy atom. The molecule has 1 unspecified atom stereocenters. The van der Waals surface area contributed by atoms with E-state index in [2.05, 4.69) is 10.4 Å². The molecule has 1 aliphatic carbocycles. The lowest BCUT2D eigenvalue weighted by Crippen LogP contribution is -2.52. The second kappa shape index (κ2) is 8.66. The molecule has 7 nitrogen and oxygen atoms in total. The molecule has 0 radical (unpaired) electrons. The van der Waals surface area contributed by atoms with Crippen LogP contribution in [0.15, 0.2) is 12.4 Å². The summed E-state index contributed by atoms with van der Waals surface area (Å²) < 4.78 is 1.70. The van der Waals surface area contributed by atoms with Gasteiger partial charge in [-0.25, -0.2) is 0 Å². The van der Waals surface area contributed by atoms with Gasteiger partial charge in [-0.15, -0.1) is 0 Å². The Bertz CT molecular complexity index is 615. The third-order valence-corrected chi connectivity index (χ3v) is 5.78. The van der Waals surface area contributed by atoms with Gasteiger partial charge in [-0.2, -0.15) is 5.10 Å². The second-order valence-corrected chi connectivity index (χ2v) is 7.56. The molecule has 7 heteroatoms. The van der Waals surface area contributed by atoms with Crippen molar-refractivity contribution in [2.75, 3.05) is 33.2 Å². The van der Waals surface area contributed by atoms with E-state index in [0.29, 0.717) is 32.6 Å². The first kappa shape index (κ1) is 18.9. The van der Waals surface area contributed by atoms with Crippen LogP contribution in [0.2, 0.25) is 0 Å². The van der Waals surface area contributed by atoms with Crippen LogP contribution in [-0.4, -0.2) is 64.6 Å². The number of nitrogens with zero attached hydrogens (tertiary/aromatic N) is 4. The number of amides is 2. The number of hydrogen-bond acceptors (Lipinski definition) is 4. The predicted molar refractivity (Wildman–Crippen MR) is 99.4 cm³/mol. The topological polar surface area (TPSA) is 70.5 Å². The van der Waals surface area contributed by atoms with E-state index >= 15 is 0 Å². The number of rotatable bonds is 6. The minimum Gasteiger partial charge on any atom is -0.339 e. The number of aromatic nitrogens is 2. The second-order valence-electron chi connectivity index (χ2n) is 7.56. The quantitative estimate of drug-likeness (QED) is 0.830. The maximum Gasteiger partial charge on any atom is 0.244 e. The number of aryl methyl sites for hydroxylation is 1. The highest BCUT2D eigenvalue weighted by Crippen LogP contribution is 2.28. The first-order valence-corrected chi connectivity index (χ1v) is 9.81.